The van der Waals surface area contributed by atoms with Crippen molar-refractivity contribution in [1.29, 1.82) is 0 Å². The van der Waals surface area contributed by atoms with Gasteiger partial charge in [0.2, 0.25) is 0 Å². The molecule has 1 saturated heterocycles. The number of aromatic nitrogens is 2. The zero-order valence-electron chi connectivity index (χ0n) is 15.7. The molecule has 1 aliphatic heterocycles. The lowest BCUT2D eigenvalue weighted by Gasteiger charge is -2.09. The van der Waals surface area contributed by atoms with E-state index < -0.39 is 0 Å². The topological polar surface area (TPSA) is 55.2 Å². The normalized spacial score (nSPS) is 15.5. The van der Waals surface area contributed by atoms with Crippen molar-refractivity contribution in [2.24, 2.45) is 0 Å². The lowest BCUT2D eigenvalue weighted by atomic mass is 10.1. The molecule has 0 aliphatic carbocycles. The standard InChI is InChI=1S/C22H18ClN3O2S/c1-2-12-25-21(27)19(29-22(25)28)13-16-14-26(18-6-4-3-5-7-18)24-20(16)15-8-10-17(23)11-9-15/h3-11,13-14H,2,12H2,1H3/b19-13-. The Balaban J connectivity index is 1.79. The Kier molecular flexibility index (Phi) is 5.56. The van der Waals surface area contributed by atoms with Gasteiger partial charge in [0.25, 0.3) is 11.1 Å². The van der Waals surface area contributed by atoms with Crippen molar-refractivity contribution >= 4 is 40.6 Å². The molecule has 2 aromatic carbocycles. The van der Waals surface area contributed by atoms with Gasteiger partial charge in [0.15, 0.2) is 0 Å². The first-order chi connectivity index (χ1) is 14.1. The number of nitrogens with zero attached hydrogens (tertiary/aromatic N) is 3. The van der Waals surface area contributed by atoms with Crippen LogP contribution in [0.5, 0.6) is 0 Å². The molecule has 0 spiro atoms. The van der Waals surface area contributed by atoms with Gasteiger partial charge in [0, 0.05) is 28.9 Å². The van der Waals surface area contributed by atoms with Crippen LogP contribution in [0, 0.1) is 0 Å². The number of hydrogen-bond donors (Lipinski definition) is 0. The summed E-state index contributed by atoms with van der Waals surface area (Å²) in [5.41, 5.74) is 3.26. The van der Waals surface area contributed by atoms with Gasteiger partial charge >= 0.3 is 0 Å². The molecule has 0 atom stereocenters. The molecule has 0 unspecified atom stereocenters. The summed E-state index contributed by atoms with van der Waals surface area (Å²) in [6, 6.07) is 17.1. The van der Waals surface area contributed by atoms with Crippen LogP contribution in [-0.2, 0) is 4.79 Å². The van der Waals surface area contributed by atoms with Crippen molar-refractivity contribution < 1.29 is 9.59 Å². The molecule has 0 bridgehead atoms. The van der Waals surface area contributed by atoms with E-state index in [-0.39, 0.29) is 11.1 Å². The number of halogens is 1. The lowest BCUT2D eigenvalue weighted by molar-refractivity contribution is -0.122. The first-order valence-electron chi connectivity index (χ1n) is 9.23. The fourth-order valence-corrected chi connectivity index (χ4v) is 4.08. The van der Waals surface area contributed by atoms with Gasteiger partial charge in [-0.15, -0.1) is 0 Å². The summed E-state index contributed by atoms with van der Waals surface area (Å²) in [5.74, 6) is -0.253. The second kappa shape index (κ2) is 8.27. The van der Waals surface area contributed by atoms with Crippen LogP contribution in [0.2, 0.25) is 5.02 Å². The van der Waals surface area contributed by atoms with Gasteiger partial charge in [-0.05, 0) is 48.5 Å². The highest BCUT2D eigenvalue weighted by molar-refractivity contribution is 8.18. The third-order valence-electron chi connectivity index (χ3n) is 4.49. The quantitative estimate of drug-likeness (QED) is 0.498. The third kappa shape index (κ3) is 3.99. The van der Waals surface area contributed by atoms with E-state index in [1.807, 2.05) is 55.6 Å². The van der Waals surface area contributed by atoms with Gasteiger partial charge in [-0.25, -0.2) is 4.68 Å². The Bertz CT molecular complexity index is 1090. The second-order valence-electron chi connectivity index (χ2n) is 6.55. The van der Waals surface area contributed by atoms with Crippen molar-refractivity contribution in [3.8, 4) is 16.9 Å². The highest BCUT2D eigenvalue weighted by Crippen LogP contribution is 2.34. The molecule has 5 nitrogen and oxygen atoms in total. The summed E-state index contributed by atoms with van der Waals surface area (Å²) in [4.78, 5) is 26.5. The Morgan fingerprint density at radius 2 is 1.79 bits per heavy atom. The van der Waals surface area contributed by atoms with Crippen LogP contribution < -0.4 is 0 Å². The van der Waals surface area contributed by atoms with Crippen LogP contribution in [0.25, 0.3) is 23.0 Å². The molecule has 1 aromatic heterocycles. The van der Waals surface area contributed by atoms with Gasteiger partial charge in [-0.3, -0.25) is 14.5 Å². The van der Waals surface area contributed by atoms with E-state index in [4.69, 9.17) is 16.7 Å². The largest absolute Gasteiger partial charge is 0.293 e. The molecular formula is C22H18ClN3O2S. The predicted molar refractivity (Wildman–Crippen MR) is 117 cm³/mol. The zero-order chi connectivity index (χ0) is 20.4. The lowest BCUT2D eigenvalue weighted by Crippen LogP contribution is -2.28. The van der Waals surface area contributed by atoms with Crippen molar-refractivity contribution in [3.05, 3.63) is 76.3 Å². The SMILES string of the molecule is CCCN1C(=O)S/C(=C\c2cn(-c3ccccc3)nc2-c2ccc(Cl)cc2)C1=O. The number of thioether (sulfide) groups is 1. The Hall–Kier alpha value is -2.83. The Morgan fingerprint density at radius 1 is 1.07 bits per heavy atom. The molecule has 29 heavy (non-hydrogen) atoms. The first-order valence-corrected chi connectivity index (χ1v) is 10.4. The zero-order valence-corrected chi connectivity index (χ0v) is 17.3. The van der Waals surface area contributed by atoms with Crippen molar-refractivity contribution in [2.75, 3.05) is 6.54 Å². The maximum Gasteiger partial charge on any atom is 0.293 e. The van der Waals surface area contributed by atoms with E-state index in [1.54, 1.807) is 22.9 Å². The Labute approximate surface area is 178 Å². The third-order valence-corrected chi connectivity index (χ3v) is 5.65. The maximum absolute atomic E-state index is 12.7. The molecule has 0 saturated carbocycles. The van der Waals surface area contributed by atoms with Crippen LogP contribution in [0.15, 0.2) is 65.7 Å². The first kappa shape index (κ1) is 19.5. The van der Waals surface area contributed by atoms with E-state index in [9.17, 15) is 9.59 Å². The van der Waals surface area contributed by atoms with Crippen molar-refractivity contribution in [3.63, 3.8) is 0 Å². The molecule has 0 radical (unpaired) electrons. The number of carbonyl (C=O) groups excluding carboxylic acids is 2. The van der Waals surface area contributed by atoms with Crippen LogP contribution in [-0.4, -0.2) is 32.4 Å². The fraction of sp³-hybridized carbons (Fsp3) is 0.136. The van der Waals surface area contributed by atoms with E-state index in [2.05, 4.69) is 0 Å². The Morgan fingerprint density at radius 3 is 2.48 bits per heavy atom. The van der Waals surface area contributed by atoms with Crippen LogP contribution in [0.4, 0.5) is 4.79 Å². The molecule has 7 heteroatoms. The summed E-state index contributed by atoms with van der Waals surface area (Å²) in [6.07, 6.45) is 4.34. The number of imide groups is 1. The molecule has 4 rings (SSSR count). The highest BCUT2D eigenvalue weighted by Gasteiger charge is 2.34. The minimum atomic E-state index is -0.253. The molecule has 1 fully saturated rings. The van der Waals surface area contributed by atoms with E-state index in [0.717, 1.165) is 35.0 Å². The molecule has 2 amide bonds. The number of hydrogen-bond acceptors (Lipinski definition) is 4. The van der Waals surface area contributed by atoms with Gasteiger partial charge in [0.05, 0.1) is 16.3 Å². The number of benzene rings is 2. The van der Waals surface area contributed by atoms with E-state index >= 15 is 0 Å². The van der Waals surface area contributed by atoms with Crippen LogP contribution in [0.1, 0.15) is 18.9 Å². The van der Waals surface area contributed by atoms with Gasteiger partial charge in [-0.2, -0.15) is 5.10 Å². The van der Waals surface area contributed by atoms with Gasteiger partial charge in [0.1, 0.15) is 0 Å². The number of para-hydroxylation sites is 1. The minimum absolute atomic E-state index is 0.230. The number of rotatable bonds is 5. The maximum atomic E-state index is 12.7. The molecule has 2 heterocycles. The van der Waals surface area contributed by atoms with Crippen LogP contribution in [0.3, 0.4) is 0 Å². The van der Waals surface area contributed by atoms with Gasteiger partial charge in [-0.1, -0.05) is 48.9 Å². The second-order valence-corrected chi connectivity index (χ2v) is 7.98. The average molecular weight is 424 g/mol. The summed E-state index contributed by atoms with van der Waals surface area (Å²) in [7, 11) is 0. The monoisotopic (exact) mass is 423 g/mol. The fourth-order valence-electron chi connectivity index (χ4n) is 3.10. The van der Waals surface area contributed by atoms with Crippen molar-refractivity contribution in [1.82, 2.24) is 14.7 Å². The van der Waals surface area contributed by atoms with E-state index in [1.165, 1.54) is 4.90 Å². The highest BCUT2D eigenvalue weighted by atomic mass is 35.5. The predicted octanol–water partition coefficient (Wildman–Crippen LogP) is 5.64. The molecule has 1 aliphatic rings. The molecular weight excluding hydrogens is 406 g/mol. The summed E-state index contributed by atoms with van der Waals surface area (Å²) in [5, 5.41) is 5.14. The number of amides is 2. The smallest absolute Gasteiger partial charge is 0.268 e. The average Bonchev–Trinajstić information content (AvgIpc) is 3.26. The van der Waals surface area contributed by atoms with Crippen LogP contribution >= 0.6 is 23.4 Å². The molecule has 0 N–H and O–H groups in total. The number of carbonyl (C=O) groups is 2. The molecule has 3 aromatic rings. The summed E-state index contributed by atoms with van der Waals surface area (Å²) < 4.78 is 1.77. The van der Waals surface area contributed by atoms with Gasteiger partial charge < -0.3 is 0 Å². The van der Waals surface area contributed by atoms with Crippen molar-refractivity contribution in [2.45, 2.75) is 13.3 Å². The summed E-state index contributed by atoms with van der Waals surface area (Å²) >= 11 is 7.00. The van der Waals surface area contributed by atoms with E-state index in [0.29, 0.717) is 22.2 Å². The minimum Gasteiger partial charge on any atom is -0.268 e. The molecule has 146 valence electrons. The summed E-state index contributed by atoms with van der Waals surface area (Å²) in [6.45, 7) is 2.37.